The average Bonchev–Trinajstić information content (AvgIpc) is 2.72. The van der Waals surface area contributed by atoms with Crippen LogP contribution in [-0.2, 0) is 16.1 Å². The van der Waals surface area contributed by atoms with Crippen molar-refractivity contribution in [1.29, 1.82) is 0 Å². The second-order valence-electron chi connectivity index (χ2n) is 8.22. The molecule has 2 aromatic rings. The predicted octanol–water partition coefficient (Wildman–Crippen LogP) is 4.02. The summed E-state index contributed by atoms with van der Waals surface area (Å²) in [6.07, 6.45) is 0.670. The lowest BCUT2D eigenvalue weighted by Gasteiger charge is -2.22. The van der Waals surface area contributed by atoms with E-state index in [9.17, 15) is 9.59 Å². The number of hydrogen-bond donors (Lipinski definition) is 4. The van der Waals surface area contributed by atoms with E-state index in [4.69, 9.17) is 12.2 Å². The Hall–Kier alpha value is -1.43. The molecule has 2 amide bonds. The number of benzene rings is 2. The summed E-state index contributed by atoms with van der Waals surface area (Å²) in [7, 11) is 1.32. The molecule has 31 heavy (non-hydrogen) atoms. The zero-order valence-corrected chi connectivity index (χ0v) is 21.7. The molecule has 2 aromatic carbocycles. The van der Waals surface area contributed by atoms with Gasteiger partial charge in [0.2, 0.25) is 11.8 Å². The normalized spacial score (nSPS) is 12.3. The van der Waals surface area contributed by atoms with Crippen LogP contribution in [0.1, 0.15) is 39.2 Å². The number of nitrogens with one attached hydrogen (secondary N) is 4. The summed E-state index contributed by atoms with van der Waals surface area (Å²) in [5, 5.41) is 11.4. The third-order valence-corrected chi connectivity index (χ3v) is 5.88. The first kappa shape index (κ1) is 25.8. The van der Waals surface area contributed by atoms with Gasteiger partial charge in [0.05, 0.1) is 17.6 Å². The molecule has 0 fully saturated rings. The highest BCUT2D eigenvalue weighted by molar-refractivity contribution is 14.2. The SMILES string of the molecule is CC(C)(C)NC(=O)CC[C@H](NSI)C(=O)NCC(=S)NCc1cccc2ccccc12. The van der Waals surface area contributed by atoms with Crippen molar-refractivity contribution >= 4 is 70.1 Å². The summed E-state index contributed by atoms with van der Waals surface area (Å²) in [6.45, 7) is 6.63. The highest BCUT2D eigenvalue weighted by Crippen LogP contribution is 2.18. The molecule has 2 rings (SSSR count). The smallest absolute Gasteiger partial charge is 0.238 e. The molecule has 0 saturated carbocycles. The van der Waals surface area contributed by atoms with E-state index in [1.54, 1.807) is 0 Å². The Morgan fingerprint density at radius 1 is 1.10 bits per heavy atom. The van der Waals surface area contributed by atoms with E-state index < -0.39 is 6.04 Å². The fraction of sp³-hybridized carbons (Fsp3) is 0.409. The molecule has 0 spiro atoms. The van der Waals surface area contributed by atoms with E-state index >= 15 is 0 Å². The lowest BCUT2D eigenvalue weighted by Crippen LogP contribution is -2.46. The first-order chi connectivity index (χ1) is 14.7. The van der Waals surface area contributed by atoms with E-state index in [0.29, 0.717) is 18.0 Å². The Bertz CT molecular complexity index is 913. The number of fused-ring (bicyclic) bond motifs is 1. The van der Waals surface area contributed by atoms with Crippen molar-refractivity contribution in [1.82, 2.24) is 20.7 Å². The van der Waals surface area contributed by atoms with Crippen LogP contribution in [0.5, 0.6) is 0 Å². The van der Waals surface area contributed by atoms with Crippen LogP contribution < -0.4 is 20.7 Å². The zero-order valence-electron chi connectivity index (χ0n) is 18.0. The van der Waals surface area contributed by atoms with Crippen LogP contribution in [-0.4, -0.2) is 34.9 Å². The molecule has 0 aliphatic heterocycles. The van der Waals surface area contributed by atoms with Crippen LogP contribution in [0.4, 0.5) is 0 Å². The van der Waals surface area contributed by atoms with E-state index in [1.807, 2.05) is 39.0 Å². The quantitative estimate of drug-likeness (QED) is 0.196. The lowest BCUT2D eigenvalue weighted by molar-refractivity contribution is -0.124. The van der Waals surface area contributed by atoms with Crippen LogP contribution in [0.25, 0.3) is 10.8 Å². The van der Waals surface area contributed by atoms with Gasteiger partial charge in [-0.1, -0.05) is 54.7 Å². The van der Waals surface area contributed by atoms with Gasteiger partial charge >= 0.3 is 0 Å². The van der Waals surface area contributed by atoms with E-state index in [2.05, 4.69) is 66.1 Å². The number of amides is 2. The molecule has 9 heteroatoms. The largest absolute Gasteiger partial charge is 0.374 e. The fourth-order valence-corrected chi connectivity index (χ4v) is 4.44. The Morgan fingerprint density at radius 2 is 1.81 bits per heavy atom. The maximum atomic E-state index is 12.6. The highest BCUT2D eigenvalue weighted by atomic mass is 127. The Morgan fingerprint density at radius 3 is 2.52 bits per heavy atom. The van der Waals surface area contributed by atoms with Crippen molar-refractivity contribution in [3.05, 3.63) is 48.0 Å². The van der Waals surface area contributed by atoms with Gasteiger partial charge in [-0.05, 0) is 52.6 Å². The number of rotatable bonds is 10. The standard InChI is InChI=1S/C22H29IN4O2S2/c1-22(2,3)26-19(28)12-11-18(27-31-23)21(29)25-14-20(30)24-13-16-9-6-8-15-7-4-5-10-17(15)16/h4-10,18,27H,11-14H2,1-3H3,(H,24,30)(H,25,29)(H,26,28)/t18-/m0/s1. The Labute approximate surface area is 205 Å². The van der Waals surface area contributed by atoms with E-state index in [0.717, 1.165) is 5.56 Å². The summed E-state index contributed by atoms with van der Waals surface area (Å²) in [5.41, 5.74) is 0.861. The van der Waals surface area contributed by atoms with Crippen molar-refractivity contribution in [2.24, 2.45) is 0 Å². The molecule has 0 radical (unpaired) electrons. The second kappa shape index (κ2) is 12.6. The predicted molar refractivity (Wildman–Crippen MR) is 142 cm³/mol. The number of thiocarbonyl (C=S) groups is 1. The minimum absolute atomic E-state index is 0.0715. The number of halogens is 1. The molecule has 0 saturated heterocycles. The zero-order chi connectivity index (χ0) is 22.9. The molecule has 0 aliphatic rings. The first-order valence-corrected chi connectivity index (χ1v) is 13.8. The first-order valence-electron chi connectivity index (χ1n) is 10.0. The number of hydrogen-bond acceptors (Lipinski definition) is 5. The molecule has 0 heterocycles. The molecule has 0 aromatic heterocycles. The van der Waals surface area contributed by atoms with Crippen molar-refractivity contribution in [3.63, 3.8) is 0 Å². The molecular formula is C22H29IN4O2S2. The fourth-order valence-electron chi connectivity index (χ4n) is 3.05. The molecule has 6 nitrogen and oxygen atoms in total. The van der Waals surface area contributed by atoms with Gasteiger partial charge in [-0.3, -0.25) is 9.59 Å². The van der Waals surface area contributed by atoms with Crippen molar-refractivity contribution < 1.29 is 9.59 Å². The molecule has 168 valence electrons. The average molecular weight is 573 g/mol. The van der Waals surface area contributed by atoms with Gasteiger partial charge in [-0.15, -0.1) is 0 Å². The van der Waals surface area contributed by atoms with Gasteiger partial charge in [-0.25, -0.2) is 4.72 Å². The lowest BCUT2D eigenvalue weighted by atomic mass is 10.0. The third-order valence-electron chi connectivity index (χ3n) is 4.46. The molecule has 0 aliphatic carbocycles. The third kappa shape index (κ3) is 9.30. The second-order valence-corrected chi connectivity index (χ2v) is 10.4. The number of carbonyl (C=O) groups is 2. The van der Waals surface area contributed by atoms with Gasteiger partial charge in [0.1, 0.15) is 0 Å². The van der Waals surface area contributed by atoms with E-state index in [-0.39, 0.29) is 30.3 Å². The summed E-state index contributed by atoms with van der Waals surface area (Å²) in [4.78, 5) is 25.2. The minimum atomic E-state index is -0.478. The van der Waals surface area contributed by atoms with Gasteiger partial charge in [0, 0.05) is 39.7 Å². The molecule has 0 bridgehead atoms. The summed E-state index contributed by atoms with van der Waals surface area (Å²) in [6, 6.07) is 13.9. The molecular weight excluding hydrogens is 543 g/mol. The summed E-state index contributed by atoms with van der Waals surface area (Å²) in [5.74, 6) is -0.250. The maximum Gasteiger partial charge on any atom is 0.238 e. The summed E-state index contributed by atoms with van der Waals surface area (Å²) >= 11 is 7.46. The van der Waals surface area contributed by atoms with Crippen molar-refractivity contribution in [3.8, 4) is 0 Å². The highest BCUT2D eigenvalue weighted by Gasteiger charge is 2.21. The molecule has 0 unspecified atom stereocenters. The van der Waals surface area contributed by atoms with Crippen LogP contribution >= 0.6 is 42.5 Å². The minimum Gasteiger partial charge on any atom is -0.374 e. The molecule has 4 N–H and O–H groups in total. The van der Waals surface area contributed by atoms with Crippen molar-refractivity contribution in [2.75, 3.05) is 6.54 Å². The summed E-state index contributed by atoms with van der Waals surface area (Å²) < 4.78 is 3.05. The van der Waals surface area contributed by atoms with E-state index in [1.165, 1.54) is 19.9 Å². The Balaban J connectivity index is 1.81. The van der Waals surface area contributed by atoms with Crippen LogP contribution in [0.2, 0.25) is 0 Å². The molecule has 1 atom stereocenters. The van der Waals surface area contributed by atoms with Crippen molar-refractivity contribution in [2.45, 2.75) is 51.7 Å². The van der Waals surface area contributed by atoms with Gasteiger partial charge in [-0.2, -0.15) is 0 Å². The van der Waals surface area contributed by atoms with Crippen LogP contribution in [0.3, 0.4) is 0 Å². The van der Waals surface area contributed by atoms with Crippen LogP contribution in [0, 0.1) is 0 Å². The topological polar surface area (TPSA) is 82.3 Å². The van der Waals surface area contributed by atoms with Gasteiger partial charge in [0.25, 0.3) is 0 Å². The van der Waals surface area contributed by atoms with Gasteiger partial charge in [0.15, 0.2) is 0 Å². The Kier molecular flexibility index (Phi) is 10.5. The number of carbonyl (C=O) groups excluding carboxylic acids is 2. The van der Waals surface area contributed by atoms with Crippen LogP contribution in [0.15, 0.2) is 42.5 Å². The van der Waals surface area contributed by atoms with Gasteiger partial charge < -0.3 is 16.0 Å². The maximum absolute atomic E-state index is 12.6. The monoisotopic (exact) mass is 572 g/mol.